The number of rotatable bonds is 1. The molecule has 0 fully saturated rings. The van der Waals surface area contributed by atoms with Gasteiger partial charge < -0.3 is 4.57 Å². The third-order valence-electron chi connectivity index (χ3n) is 1.76. The Balaban J connectivity index is 2.76. The molecule has 2 nitrogen and oxygen atoms in total. The number of hydrogen-bond acceptors (Lipinski definition) is 1. The molecular formula is C9H9N2. The number of fused-ring (bicyclic) bond motifs is 1. The van der Waals surface area contributed by atoms with Crippen LogP contribution in [0.3, 0.4) is 0 Å². The van der Waals surface area contributed by atoms with Gasteiger partial charge >= 0.3 is 0 Å². The molecule has 0 aliphatic carbocycles. The minimum atomic E-state index is 0.737. The Morgan fingerprint density at radius 1 is 1.45 bits per heavy atom. The molecule has 11 heavy (non-hydrogen) atoms. The molecule has 0 aliphatic rings. The van der Waals surface area contributed by atoms with E-state index in [0.717, 1.165) is 12.2 Å². The van der Waals surface area contributed by atoms with Crippen LogP contribution in [0.1, 0.15) is 0 Å². The molecular weight excluding hydrogens is 136 g/mol. The molecule has 0 bridgehead atoms. The lowest BCUT2D eigenvalue weighted by Gasteiger charge is -1.96. The van der Waals surface area contributed by atoms with Gasteiger partial charge in [-0.3, -0.25) is 0 Å². The minimum absolute atomic E-state index is 0.737. The van der Waals surface area contributed by atoms with Crippen molar-refractivity contribution in [2.45, 2.75) is 6.54 Å². The van der Waals surface area contributed by atoms with Gasteiger partial charge in [-0.25, -0.2) is 4.98 Å². The molecule has 2 aromatic rings. The lowest BCUT2D eigenvalue weighted by Crippen LogP contribution is -1.92. The summed E-state index contributed by atoms with van der Waals surface area (Å²) in [5, 5.41) is 1.18. The Hall–Kier alpha value is -1.31. The van der Waals surface area contributed by atoms with Crippen molar-refractivity contribution in [1.29, 1.82) is 0 Å². The molecule has 0 N–H and O–H groups in total. The van der Waals surface area contributed by atoms with E-state index < -0.39 is 0 Å². The summed E-state index contributed by atoms with van der Waals surface area (Å²) >= 11 is 0. The summed E-state index contributed by atoms with van der Waals surface area (Å²) in [6, 6.07) is 6.04. The zero-order valence-corrected chi connectivity index (χ0v) is 6.20. The average molecular weight is 145 g/mol. The fourth-order valence-corrected chi connectivity index (χ4v) is 1.20. The first-order chi connectivity index (χ1) is 5.42. The molecule has 0 atom stereocenters. The standard InChI is InChI=1S/C9H9N2/c1-2-11-7-5-8-4-3-6-10-9(8)11/h3-7H,1-2H2. The van der Waals surface area contributed by atoms with Gasteiger partial charge in [-0.05, 0) is 25.1 Å². The number of pyridine rings is 1. The highest BCUT2D eigenvalue weighted by Crippen LogP contribution is 2.11. The van der Waals surface area contributed by atoms with Crippen molar-refractivity contribution in [2.24, 2.45) is 0 Å². The second-order valence-electron chi connectivity index (χ2n) is 2.43. The van der Waals surface area contributed by atoms with Gasteiger partial charge in [-0.15, -0.1) is 0 Å². The van der Waals surface area contributed by atoms with Gasteiger partial charge in [0, 0.05) is 24.3 Å². The summed E-state index contributed by atoms with van der Waals surface area (Å²) in [4.78, 5) is 4.23. The number of nitrogens with zero attached hydrogens (tertiary/aromatic N) is 2. The van der Waals surface area contributed by atoms with Crippen LogP contribution in [0.5, 0.6) is 0 Å². The highest BCUT2D eigenvalue weighted by atomic mass is 15.0. The molecule has 2 heterocycles. The largest absolute Gasteiger partial charge is 0.333 e. The lowest BCUT2D eigenvalue weighted by molar-refractivity contribution is 0.848. The summed E-state index contributed by atoms with van der Waals surface area (Å²) in [5.74, 6) is 0. The van der Waals surface area contributed by atoms with E-state index in [-0.39, 0.29) is 0 Å². The van der Waals surface area contributed by atoms with Crippen molar-refractivity contribution in [3.8, 4) is 0 Å². The highest BCUT2D eigenvalue weighted by Gasteiger charge is 1.96. The second kappa shape index (κ2) is 2.38. The monoisotopic (exact) mass is 145 g/mol. The molecule has 0 spiro atoms. The maximum absolute atomic E-state index is 4.23. The van der Waals surface area contributed by atoms with Gasteiger partial charge in [0.2, 0.25) is 0 Å². The molecule has 2 heteroatoms. The summed E-state index contributed by atoms with van der Waals surface area (Å²) in [7, 11) is 0. The van der Waals surface area contributed by atoms with Crippen molar-refractivity contribution in [3.63, 3.8) is 0 Å². The van der Waals surface area contributed by atoms with Crippen molar-refractivity contribution in [1.82, 2.24) is 9.55 Å². The first-order valence-corrected chi connectivity index (χ1v) is 3.61. The minimum Gasteiger partial charge on any atom is -0.333 e. The van der Waals surface area contributed by atoms with Gasteiger partial charge in [-0.2, -0.15) is 0 Å². The molecule has 55 valence electrons. The van der Waals surface area contributed by atoms with Gasteiger partial charge in [0.05, 0.1) is 0 Å². The van der Waals surface area contributed by atoms with E-state index in [0.29, 0.717) is 0 Å². The molecule has 0 amide bonds. The van der Waals surface area contributed by atoms with E-state index in [2.05, 4.69) is 18.0 Å². The number of hydrogen-bond donors (Lipinski definition) is 0. The normalized spacial score (nSPS) is 10.6. The predicted octanol–water partition coefficient (Wildman–Crippen LogP) is 1.87. The van der Waals surface area contributed by atoms with Gasteiger partial charge in [0.15, 0.2) is 0 Å². The van der Waals surface area contributed by atoms with E-state index >= 15 is 0 Å². The van der Waals surface area contributed by atoms with Crippen LogP contribution in [-0.2, 0) is 6.54 Å². The molecule has 0 unspecified atom stereocenters. The zero-order valence-electron chi connectivity index (χ0n) is 6.20. The van der Waals surface area contributed by atoms with Crippen LogP contribution in [0.4, 0.5) is 0 Å². The van der Waals surface area contributed by atoms with Crippen LogP contribution < -0.4 is 0 Å². The van der Waals surface area contributed by atoms with Crippen LogP contribution in [0.15, 0.2) is 30.6 Å². The number of aromatic nitrogens is 2. The maximum atomic E-state index is 4.23. The Morgan fingerprint density at radius 2 is 2.36 bits per heavy atom. The van der Waals surface area contributed by atoms with Crippen LogP contribution in [0, 0.1) is 6.92 Å². The van der Waals surface area contributed by atoms with Crippen LogP contribution in [0.2, 0.25) is 0 Å². The van der Waals surface area contributed by atoms with Crippen molar-refractivity contribution < 1.29 is 0 Å². The molecule has 2 rings (SSSR count). The second-order valence-corrected chi connectivity index (χ2v) is 2.43. The van der Waals surface area contributed by atoms with Crippen LogP contribution >= 0.6 is 0 Å². The van der Waals surface area contributed by atoms with Gasteiger partial charge in [0.1, 0.15) is 5.65 Å². The van der Waals surface area contributed by atoms with E-state index in [1.54, 1.807) is 6.20 Å². The quantitative estimate of drug-likeness (QED) is 0.599. The molecule has 0 aliphatic heterocycles. The van der Waals surface area contributed by atoms with E-state index in [4.69, 9.17) is 0 Å². The van der Waals surface area contributed by atoms with Crippen LogP contribution in [0.25, 0.3) is 11.0 Å². The zero-order chi connectivity index (χ0) is 7.68. The Bertz CT molecular complexity index is 362. The van der Waals surface area contributed by atoms with Crippen molar-refractivity contribution >= 4 is 11.0 Å². The molecule has 2 aromatic heterocycles. The van der Waals surface area contributed by atoms with E-state index in [9.17, 15) is 0 Å². The van der Waals surface area contributed by atoms with Crippen molar-refractivity contribution in [3.05, 3.63) is 37.5 Å². The topological polar surface area (TPSA) is 17.8 Å². The predicted molar refractivity (Wildman–Crippen MR) is 45.1 cm³/mol. The first-order valence-electron chi connectivity index (χ1n) is 3.61. The highest BCUT2D eigenvalue weighted by molar-refractivity contribution is 5.75. The third-order valence-corrected chi connectivity index (χ3v) is 1.76. The Labute approximate surface area is 65.5 Å². The SMILES string of the molecule is [CH2]Cn1ccc2cccnc21. The van der Waals surface area contributed by atoms with Crippen molar-refractivity contribution in [2.75, 3.05) is 0 Å². The lowest BCUT2D eigenvalue weighted by atomic mass is 10.3. The fourth-order valence-electron chi connectivity index (χ4n) is 1.20. The third kappa shape index (κ3) is 0.909. The molecule has 0 saturated heterocycles. The van der Waals surface area contributed by atoms with Gasteiger partial charge in [0.25, 0.3) is 0 Å². The summed E-state index contributed by atoms with van der Waals surface area (Å²) in [5.41, 5.74) is 1.02. The average Bonchev–Trinajstić information content (AvgIpc) is 2.47. The summed E-state index contributed by atoms with van der Waals surface area (Å²) < 4.78 is 2.02. The molecule has 1 radical (unpaired) electrons. The summed E-state index contributed by atoms with van der Waals surface area (Å²) in [6.07, 6.45) is 3.80. The Morgan fingerprint density at radius 3 is 3.18 bits per heavy atom. The van der Waals surface area contributed by atoms with Gasteiger partial charge in [-0.1, -0.05) is 0 Å². The smallest absolute Gasteiger partial charge is 0.139 e. The Kier molecular flexibility index (Phi) is 1.39. The summed E-state index contributed by atoms with van der Waals surface area (Å²) in [6.45, 7) is 4.54. The van der Waals surface area contributed by atoms with E-state index in [1.807, 2.05) is 22.9 Å². The fraction of sp³-hybridized carbons (Fsp3) is 0.111. The first kappa shape index (κ1) is 6.40. The van der Waals surface area contributed by atoms with E-state index in [1.165, 1.54) is 5.39 Å². The molecule has 0 aromatic carbocycles. The van der Waals surface area contributed by atoms with Crippen LogP contribution in [-0.4, -0.2) is 9.55 Å². The molecule has 0 saturated carbocycles. The maximum Gasteiger partial charge on any atom is 0.139 e.